The fourth-order valence-corrected chi connectivity index (χ4v) is 3.79. The first kappa shape index (κ1) is 15.1. The van der Waals surface area contributed by atoms with Gasteiger partial charge in [-0.2, -0.15) is 0 Å². The number of para-hydroxylation sites is 1. The van der Waals surface area contributed by atoms with E-state index < -0.39 is 10.0 Å². The predicted molar refractivity (Wildman–Crippen MR) is 90.5 cm³/mol. The molecule has 22 heavy (non-hydrogen) atoms. The molecule has 2 aromatic carbocycles. The van der Waals surface area contributed by atoms with E-state index in [2.05, 4.69) is 32.6 Å². The zero-order valence-electron chi connectivity index (χ0n) is 11.2. The van der Waals surface area contributed by atoms with Crippen LogP contribution in [0, 0.1) is 3.57 Å². The molecule has 2 N–H and O–H groups in total. The SMILES string of the molecule is O=C1COc2ccc(S(=O)(=O)Nc3ccccc3I)cc2N1. The second-order valence-electron chi connectivity index (χ2n) is 4.58. The van der Waals surface area contributed by atoms with E-state index in [-0.39, 0.29) is 17.4 Å². The van der Waals surface area contributed by atoms with Crippen LogP contribution < -0.4 is 14.8 Å². The third-order valence-electron chi connectivity index (χ3n) is 3.01. The Morgan fingerprint density at radius 1 is 1.18 bits per heavy atom. The molecule has 0 fully saturated rings. The Kier molecular flexibility index (Phi) is 3.96. The van der Waals surface area contributed by atoms with Crippen molar-refractivity contribution in [3.8, 4) is 5.75 Å². The van der Waals surface area contributed by atoms with Crippen LogP contribution in [0.1, 0.15) is 0 Å². The lowest BCUT2D eigenvalue weighted by Crippen LogP contribution is -2.25. The van der Waals surface area contributed by atoms with E-state index in [9.17, 15) is 13.2 Å². The molecule has 0 spiro atoms. The molecule has 3 rings (SSSR count). The first-order valence-corrected chi connectivity index (χ1v) is 8.86. The van der Waals surface area contributed by atoms with Gasteiger partial charge in [0.1, 0.15) is 5.75 Å². The van der Waals surface area contributed by atoms with E-state index in [1.807, 2.05) is 6.07 Å². The maximum absolute atomic E-state index is 12.5. The Bertz CT molecular complexity index is 852. The molecule has 2 aromatic rings. The lowest BCUT2D eigenvalue weighted by molar-refractivity contribution is -0.118. The third kappa shape index (κ3) is 3.02. The number of fused-ring (bicyclic) bond motifs is 1. The smallest absolute Gasteiger partial charge is 0.262 e. The van der Waals surface area contributed by atoms with E-state index >= 15 is 0 Å². The predicted octanol–water partition coefficient (Wildman–Crippen LogP) is 2.42. The number of rotatable bonds is 3. The first-order valence-electron chi connectivity index (χ1n) is 6.30. The summed E-state index contributed by atoms with van der Waals surface area (Å²) in [7, 11) is -3.75. The topological polar surface area (TPSA) is 84.5 Å². The van der Waals surface area contributed by atoms with Crippen LogP contribution in [0.25, 0.3) is 0 Å². The Hall–Kier alpha value is -1.81. The number of carbonyl (C=O) groups is 1. The van der Waals surface area contributed by atoms with Crippen LogP contribution in [0.2, 0.25) is 0 Å². The molecule has 0 radical (unpaired) electrons. The van der Waals surface area contributed by atoms with E-state index in [4.69, 9.17) is 4.74 Å². The largest absolute Gasteiger partial charge is 0.482 e. The molecule has 6 nitrogen and oxygen atoms in total. The zero-order valence-corrected chi connectivity index (χ0v) is 14.1. The third-order valence-corrected chi connectivity index (χ3v) is 5.32. The molecule has 0 unspecified atom stereocenters. The van der Waals surface area contributed by atoms with Crippen molar-refractivity contribution in [1.29, 1.82) is 0 Å². The number of amides is 1. The van der Waals surface area contributed by atoms with Gasteiger partial charge in [0, 0.05) is 3.57 Å². The van der Waals surface area contributed by atoms with E-state index in [0.29, 0.717) is 17.1 Å². The number of hydrogen-bond donors (Lipinski definition) is 2. The van der Waals surface area contributed by atoms with Crippen molar-refractivity contribution in [2.75, 3.05) is 16.6 Å². The highest BCUT2D eigenvalue weighted by Crippen LogP contribution is 2.31. The lowest BCUT2D eigenvalue weighted by atomic mass is 10.2. The Morgan fingerprint density at radius 3 is 2.73 bits per heavy atom. The minimum atomic E-state index is -3.75. The molecule has 114 valence electrons. The van der Waals surface area contributed by atoms with Crippen LogP contribution in [0.3, 0.4) is 0 Å². The number of benzene rings is 2. The minimum Gasteiger partial charge on any atom is -0.482 e. The van der Waals surface area contributed by atoms with Crippen LogP contribution in [0.5, 0.6) is 5.75 Å². The van der Waals surface area contributed by atoms with Gasteiger partial charge < -0.3 is 10.1 Å². The number of halogens is 1. The number of nitrogens with one attached hydrogen (secondary N) is 2. The van der Waals surface area contributed by atoms with Crippen LogP contribution in [0.4, 0.5) is 11.4 Å². The van der Waals surface area contributed by atoms with E-state index in [0.717, 1.165) is 3.57 Å². The normalized spacial score (nSPS) is 13.8. The van der Waals surface area contributed by atoms with Crippen LogP contribution >= 0.6 is 22.6 Å². The van der Waals surface area contributed by atoms with Gasteiger partial charge in [0.25, 0.3) is 15.9 Å². The molecule has 0 aliphatic carbocycles. The summed E-state index contributed by atoms with van der Waals surface area (Å²) in [4.78, 5) is 11.4. The van der Waals surface area contributed by atoms with E-state index in [1.54, 1.807) is 18.2 Å². The molecule has 0 atom stereocenters. The molecule has 1 amide bonds. The number of ether oxygens (including phenoxy) is 1. The average Bonchev–Trinajstić information content (AvgIpc) is 2.48. The molecule has 1 aliphatic rings. The molecule has 0 aromatic heterocycles. The monoisotopic (exact) mass is 430 g/mol. The number of hydrogen-bond acceptors (Lipinski definition) is 4. The first-order chi connectivity index (χ1) is 10.5. The highest BCUT2D eigenvalue weighted by Gasteiger charge is 2.21. The standard InChI is InChI=1S/C14H11IN2O4S/c15-10-3-1-2-4-11(10)17-22(19,20)9-5-6-13-12(7-9)16-14(18)8-21-13/h1-7,17H,8H2,(H,16,18). The Labute approximate surface area is 141 Å². The molecule has 0 bridgehead atoms. The summed E-state index contributed by atoms with van der Waals surface area (Å²) >= 11 is 2.05. The van der Waals surface area contributed by atoms with Crippen LogP contribution in [-0.4, -0.2) is 20.9 Å². The Balaban J connectivity index is 1.94. The number of sulfonamides is 1. The summed E-state index contributed by atoms with van der Waals surface area (Å²) in [5, 5.41) is 2.59. The molecule has 1 heterocycles. The van der Waals surface area contributed by atoms with E-state index in [1.165, 1.54) is 18.2 Å². The van der Waals surface area contributed by atoms with Crippen molar-refractivity contribution >= 4 is 49.9 Å². The van der Waals surface area contributed by atoms with Crippen molar-refractivity contribution in [1.82, 2.24) is 0 Å². The second-order valence-corrected chi connectivity index (χ2v) is 7.42. The van der Waals surface area contributed by atoms with Gasteiger partial charge in [-0.1, -0.05) is 12.1 Å². The summed E-state index contributed by atoms with van der Waals surface area (Å²) < 4.78 is 33.4. The maximum atomic E-state index is 12.5. The van der Waals surface area contributed by atoms with Crippen LogP contribution in [0.15, 0.2) is 47.4 Å². The molecule has 1 aliphatic heterocycles. The zero-order chi connectivity index (χ0) is 15.7. The molecule has 0 saturated carbocycles. The second kappa shape index (κ2) is 5.76. The van der Waals surface area contributed by atoms with Crippen molar-refractivity contribution < 1.29 is 17.9 Å². The van der Waals surface area contributed by atoms with Gasteiger partial charge in [-0.05, 0) is 52.9 Å². The highest BCUT2D eigenvalue weighted by molar-refractivity contribution is 14.1. The summed E-state index contributed by atoms with van der Waals surface area (Å²) in [5.74, 6) is 0.139. The Morgan fingerprint density at radius 2 is 1.95 bits per heavy atom. The van der Waals surface area contributed by atoms with Gasteiger partial charge in [-0.25, -0.2) is 8.42 Å². The average molecular weight is 430 g/mol. The fraction of sp³-hybridized carbons (Fsp3) is 0.0714. The fourth-order valence-electron chi connectivity index (χ4n) is 1.98. The lowest BCUT2D eigenvalue weighted by Gasteiger charge is -2.18. The number of anilines is 2. The van der Waals surface area contributed by atoms with Crippen molar-refractivity contribution in [3.63, 3.8) is 0 Å². The highest BCUT2D eigenvalue weighted by atomic mass is 127. The molecular formula is C14H11IN2O4S. The van der Waals surface area contributed by atoms with Gasteiger partial charge in [-0.3, -0.25) is 9.52 Å². The van der Waals surface area contributed by atoms with Crippen molar-refractivity contribution in [2.45, 2.75) is 4.90 Å². The molecule has 8 heteroatoms. The van der Waals surface area contributed by atoms with Gasteiger partial charge in [-0.15, -0.1) is 0 Å². The summed E-state index contributed by atoms with van der Waals surface area (Å²) in [6.45, 7) is -0.0699. The van der Waals surface area contributed by atoms with Crippen molar-refractivity contribution in [2.24, 2.45) is 0 Å². The summed E-state index contributed by atoms with van der Waals surface area (Å²) in [6, 6.07) is 11.4. The van der Waals surface area contributed by atoms with Crippen molar-refractivity contribution in [3.05, 3.63) is 46.0 Å². The summed E-state index contributed by atoms with van der Waals surface area (Å²) in [6.07, 6.45) is 0. The summed E-state index contributed by atoms with van der Waals surface area (Å²) in [5.41, 5.74) is 0.850. The number of carbonyl (C=O) groups excluding carboxylic acids is 1. The molecular weight excluding hydrogens is 419 g/mol. The van der Waals surface area contributed by atoms with Gasteiger partial charge >= 0.3 is 0 Å². The minimum absolute atomic E-state index is 0.0525. The quantitative estimate of drug-likeness (QED) is 0.733. The van der Waals surface area contributed by atoms with Gasteiger partial charge in [0.05, 0.1) is 16.3 Å². The van der Waals surface area contributed by atoms with Crippen LogP contribution in [-0.2, 0) is 14.8 Å². The van der Waals surface area contributed by atoms with Gasteiger partial charge in [0.2, 0.25) is 0 Å². The van der Waals surface area contributed by atoms with Gasteiger partial charge in [0.15, 0.2) is 6.61 Å². The molecule has 0 saturated heterocycles. The maximum Gasteiger partial charge on any atom is 0.262 e.